The lowest BCUT2D eigenvalue weighted by Crippen LogP contribution is -2.31. The number of fused-ring (bicyclic) bond motifs is 1. The molecule has 1 N–H and O–H groups in total. The van der Waals surface area contributed by atoms with Crippen LogP contribution in [0.3, 0.4) is 0 Å². The van der Waals surface area contributed by atoms with Crippen LogP contribution in [0.2, 0.25) is 0 Å². The molecule has 1 aliphatic heterocycles. The number of benzene rings is 2. The zero-order valence-electron chi connectivity index (χ0n) is 16.8. The molecule has 1 aliphatic rings. The summed E-state index contributed by atoms with van der Waals surface area (Å²) < 4.78 is 26.3. The molecule has 7 nitrogen and oxygen atoms in total. The predicted molar refractivity (Wildman–Crippen MR) is 117 cm³/mol. The van der Waals surface area contributed by atoms with Gasteiger partial charge < -0.3 is 10.2 Å². The second kappa shape index (κ2) is 8.39. The minimum Gasteiger partial charge on any atom is -0.355 e. The molecule has 2 aromatic carbocycles. The number of amides is 1. The van der Waals surface area contributed by atoms with Gasteiger partial charge in [0.2, 0.25) is 5.91 Å². The third kappa shape index (κ3) is 4.43. The van der Waals surface area contributed by atoms with Crippen molar-refractivity contribution < 1.29 is 13.2 Å². The molecule has 0 atom stereocenters. The molecular formula is C22H24N4O3S. The molecular weight excluding hydrogens is 400 g/mol. The van der Waals surface area contributed by atoms with Crippen molar-refractivity contribution >= 4 is 38.3 Å². The van der Waals surface area contributed by atoms with E-state index in [2.05, 4.69) is 15.2 Å². The summed E-state index contributed by atoms with van der Waals surface area (Å²) in [5.74, 6) is 0.228. The van der Waals surface area contributed by atoms with Crippen LogP contribution in [0.4, 0.5) is 11.5 Å². The number of sulfone groups is 1. The van der Waals surface area contributed by atoms with Gasteiger partial charge in [-0.25, -0.2) is 18.4 Å². The quantitative estimate of drug-likeness (QED) is 0.673. The normalized spacial score (nSPS) is 14.6. The first kappa shape index (κ1) is 20.3. The van der Waals surface area contributed by atoms with Crippen molar-refractivity contribution in [2.75, 3.05) is 23.3 Å². The fourth-order valence-corrected chi connectivity index (χ4v) is 4.97. The molecule has 0 unspecified atom stereocenters. The van der Waals surface area contributed by atoms with Crippen LogP contribution in [0.25, 0.3) is 11.0 Å². The van der Waals surface area contributed by atoms with E-state index in [0.29, 0.717) is 22.7 Å². The summed E-state index contributed by atoms with van der Waals surface area (Å²) in [6, 6.07) is 13.7. The van der Waals surface area contributed by atoms with E-state index in [-0.39, 0.29) is 16.6 Å². The third-order valence-electron chi connectivity index (χ3n) is 5.14. The first-order valence-electron chi connectivity index (χ1n) is 10.0. The van der Waals surface area contributed by atoms with Crippen LogP contribution in [0, 0.1) is 0 Å². The van der Waals surface area contributed by atoms with Gasteiger partial charge in [0, 0.05) is 25.7 Å². The fraction of sp³-hybridized carbons (Fsp3) is 0.318. The Morgan fingerprint density at radius 3 is 2.23 bits per heavy atom. The summed E-state index contributed by atoms with van der Waals surface area (Å²) in [7, 11) is -3.63. The van der Waals surface area contributed by atoms with E-state index in [4.69, 9.17) is 4.98 Å². The van der Waals surface area contributed by atoms with E-state index in [9.17, 15) is 13.2 Å². The molecule has 0 spiro atoms. The predicted octanol–water partition coefficient (Wildman–Crippen LogP) is 3.55. The van der Waals surface area contributed by atoms with Crippen LogP contribution < -0.4 is 10.2 Å². The number of hydrogen-bond acceptors (Lipinski definition) is 6. The number of nitrogens with one attached hydrogen (secondary N) is 1. The number of aromatic nitrogens is 2. The molecule has 8 heteroatoms. The number of rotatable bonds is 5. The van der Waals surface area contributed by atoms with Gasteiger partial charge in [0.25, 0.3) is 0 Å². The Morgan fingerprint density at radius 2 is 1.60 bits per heavy atom. The van der Waals surface area contributed by atoms with Crippen molar-refractivity contribution in [3.8, 4) is 0 Å². The smallest absolute Gasteiger partial charge is 0.221 e. The highest BCUT2D eigenvalue weighted by Crippen LogP contribution is 2.27. The molecule has 1 fully saturated rings. The summed E-state index contributed by atoms with van der Waals surface area (Å²) in [6.45, 7) is 3.11. The standard InChI is InChI=1S/C22H24N4O3S/c1-16(27)23-17-9-11-18(12-10-17)30(28,29)15-21-22(26-13-5-2-6-14-26)25-20-8-4-3-7-19(20)24-21/h3-4,7-12H,2,5-6,13-15H2,1H3,(H,23,27). The lowest BCUT2D eigenvalue weighted by molar-refractivity contribution is -0.114. The average Bonchev–Trinajstić information content (AvgIpc) is 2.73. The molecule has 2 heterocycles. The van der Waals surface area contributed by atoms with Gasteiger partial charge in [-0.05, 0) is 55.7 Å². The van der Waals surface area contributed by atoms with Crippen molar-refractivity contribution in [3.63, 3.8) is 0 Å². The van der Waals surface area contributed by atoms with Gasteiger partial charge in [-0.15, -0.1) is 0 Å². The average molecular weight is 425 g/mol. The number of piperidine rings is 1. The molecule has 156 valence electrons. The SMILES string of the molecule is CC(=O)Nc1ccc(S(=O)(=O)Cc2nc3ccccc3nc2N2CCCCC2)cc1. The molecule has 4 rings (SSSR count). The molecule has 1 aromatic heterocycles. The van der Waals surface area contributed by atoms with Gasteiger partial charge in [0.15, 0.2) is 15.7 Å². The Morgan fingerprint density at radius 1 is 0.967 bits per heavy atom. The molecule has 30 heavy (non-hydrogen) atoms. The Balaban J connectivity index is 1.69. The van der Waals surface area contributed by atoms with Crippen molar-refractivity contribution in [1.29, 1.82) is 0 Å². The second-order valence-corrected chi connectivity index (χ2v) is 9.48. The van der Waals surface area contributed by atoms with Crippen LogP contribution in [0.5, 0.6) is 0 Å². The van der Waals surface area contributed by atoms with E-state index >= 15 is 0 Å². The lowest BCUT2D eigenvalue weighted by Gasteiger charge is -2.29. The summed E-state index contributed by atoms with van der Waals surface area (Å²) in [5.41, 5.74) is 2.48. The maximum atomic E-state index is 13.1. The number of carbonyl (C=O) groups is 1. The topological polar surface area (TPSA) is 92.3 Å². The van der Waals surface area contributed by atoms with Crippen LogP contribution in [-0.2, 0) is 20.4 Å². The summed E-state index contributed by atoms with van der Waals surface area (Å²) in [4.78, 5) is 23.0. The monoisotopic (exact) mass is 424 g/mol. The molecule has 1 saturated heterocycles. The second-order valence-electron chi connectivity index (χ2n) is 7.49. The van der Waals surface area contributed by atoms with E-state index in [0.717, 1.165) is 31.4 Å². The summed E-state index contributed by atoms with van der Waals surface area (Å²) >= 11 is 0. The van der Waals surface area contributed by atoms with E-state index in [1.165, 1.54) is 25.5 Å². The van der Waals surface area contributed by atoms with E-state index in [1.807, 2.05) is 24.3 Å². The van der Waals surface area contributed by atoms with Crippen molar-refractivity contribution in [3.05, 3.63) is 54.2 Å². The molecule has 3 aromatic rings. The maximum absolute atomic E-state index is 13.1. The number of anilines is 2. The zero-order chi connectivity index (χ0) is 21.1. The zero-order valence-corrected chi connectivity index (χ0v) is 17.7. The molecule has 0 aliphatic carbocycles. The van der Waals surface area contributed by atoms with Gasteiger partial charge in [0.05, 0.1) is 21.6 Å². The number of hydrogen-bond donors (Lipinski definition) is 1. The highest BCUT2D eigenvalue weighted by molar-refractivity contribution is 7.90. The van der Waals surface area contributed by atoms with Crippen molar-refractivity contribution in [2.24, 2.45) is 0 Å². The van der Waals surface area contributed by atoms with Crippen LogP contribution in [0.1, 0.15) is 31.9 Å². The molecule has 1 amide bonds. The fourth-order valence-electron chi connectivity index (χ4n) is 3.70. The number of para-hydroxylation sites is 2. The Kier molecular flexibility index (Phi) is 5.67. The Labute approximate surface area is 176 Å². The minimum atomic E-state index is -3.63. The number of nitrogens with zero attached hydrogens (tertiary/aromatic N) is 3. The van der Waals surface area contributed by atoms with Gasteiger partial charge in [-0.2, -0.15) is 0 Å². The van der Waals surface area contributed by atoms with E-state index < -0.39 is 9.84 Å². The van der Waals surface area contributed by atoms with Gasteiger partial charge in [-0.1, -0.05) is 12.1 Å². The van der Waals surface area contributed by atoms with Crippen molar-refractivity contribution in [1.82, 2.24) is 9.97 Å². The maximum Gasteiger partial charge on any atom is 0.221 e. The van der Waals surface area contributed by atoms with Gasteiger partial charge in [-0.3, -0.25) is 4.79 Å². The minimum absolute atomic E-state index is 0.191. The third-order valence-corrected chi connectivity index (χ3v) is 6.78. The molecule has 0 radical (unpaired) electrons. The highest BCUT2D eigenvalue weighted by Gasteiger charge is 2.24. The summed E-state index contributed by atoms with van der Waals surface area (Å²) in [5, 5.41) is 2.64. The number of carbonyl (C=O) groups excluding carboxylic acids is 1. The van der Waals surface area contributed by atoms with Crippen LogP contribution >= 0.6 is 0 Å². The van der Waals surface area contributed by atoms with Gasteiger partial charge in [0.1, 0.15) is 5.75 Å². The summed E-state index contributed by atoms with van der Waals surface area (Å²) in [6.07, 6.45) is 3.29. The van der Waals surface area contributed by atoms with Gasteiger partial charge >= 0.3 is 0 Å². The van der Waals surface area contributed by atoms with Crippen LogP contribution in [0.15, 0.2) is 53.4 Å². The largest absolute Gasteiger partial charge is 0.355 e. The van der Waals surface area contributed by atoms with Crippen LogP contribution in [-0.4, -0.2) is 37.4 Å². The highest BCUT2D eigenvalue weighted by atomic mass is 32.2. The molecule has 0 bridgehead atoms. The van der Waals surface area contributed by atoms with Crippen molar-refractivity contribution in [2.45, 2.75) is 36.8 Å². The lowest BCUT2D eigenvalue weighted by atomic mass is 10.1. The Hall–Kier alpha value is -3.00. The first-order valence-corrected chi connectivity index (χ1v) is 11.7. The van der Waals surface area contributed by atoms with E-state index in [1.54, 1.807) is 12.1 Å². The Bertz CT molecular complexity index is 1170. The first-order chi connectivity index (χ1) is 14.4. The molecule has 0 saturated carbocycles.